The molecule has 0 saturated carbocycles. The fraction of sp³-hybridized carbons (Fsp3) is 0.125. The van der Waals surface area contributed by atoms with Crippen molar-refractivity contribution in [2.45, 2.75) is 12.8 Å². The molecule has 0 spiro atoms. The fourth-order valence-corrected chi connectivity index (χ4v) is 2.40. The molecule has 4 heteroatoms. The maximum Gasteiger partial charge on any atom is 0.269 e. The van der Waals surface area contributed by atoms with Crippen LogP contribution in [0.4, 0.5) is 5.69 Å². The first kappa shape index (κ1) is 12.4. The zero-order chi connectivity index (χ0) is 13.9. The highest BCUT2D eigenvalue weighted by molar-refractivity contribution is 5.83. The summed E-state index contributed by atoms with van der Waals surface area (Å²) in [5.41, 5.74) is 3.67. The van der Waals surface area contributed by atoms with Gasteiger partial charge in [0.1, 0.15) is 0 Å². The molecule has 1 heterocycles. The highest BCUT2D eigenvalue weighted by Crippen LogP contribution is 2.20. The highest BCUT2D eigenvalue weighted by atomic mass is 16.6. The van der Waals surface area contributed by atoms with E-state index in [0.29, 0.717) is 0 Å². The average molecular weight is 266 g/mol. The van der Waals surface area contributed by atoms with Crippen molar-refractivity contribution in [3.63, 3.8) is 0 Å². The van der Waals surface area contributed by atoms with Crippen LogP contribution in [0.3, 0.4) is 0 Å². The lowest BCUT2D eigenvalue weighted by Gasteiger charge is -2.01. The second-order valence-corrected chi connectivity index (χ2v) is 4.78. The lowest BCUT2D eigenvalue weighted by molar-refractivity contribution is -0.384. The van der Waals surface area contributed by atoms with E-state index in [4.69, 9.17) is 0 Å². The van der Waals surface area contributed by atoms with Crippen LogP contribution in [0, 0.1) is 10.1 Å². The monoisotopic (exact) mass is 266 g/mol. The molecule has 0 aliphatic carbocycles. The number of fused-ring (bicyclic) bond motifs is 1. The Morgan fingerprint density at radius 2 is 1.75 bits per heavy atom. The number of benzene rings is 2. The van der Waals surface area contributed by atoms with Gasteiger partial charge in [0, 0.05) is 29.2 Å². The van der Waals surface area contributed by atoms with Crippen LogP contribution in [0.25, 0.3) is 10.9 Å². The maximum atomic E-state index is 10.6. The summed E-state index contributed by atoms with van der Waals surface area (Å²) in [6.07, 6.45) is 3.83. The van der Waals surface area contributed by atoms with E-state index in [9.17, 15) is 10.1 Å². The SMILES string of the molecule is O=[N+]([O-])c1ccc(CCc2c[nH]c3ccccc23)cc1. The van der Waals surface area contributed by atoms with Crippen molar-refractivity contribution in [1.82, 2.24) is 4.98 Å². The second-order valence-electron chi connectivity index (χ2n) is 4.78. The van der Waals surface area contributed by atoms with Gasteiger partial charge in [0.05, 0.1) is 4.92 Å². The van der Waals surface area contributed by atoms with Crippen LogP contribution in [0.15, 0.2) is 54.7 Å². The maximum absolute atomic E-state index is 10.6. The molecule has 1 N–H and O–H groups in total. The molecular formula is C16H14N2O2. The van der Waals surface area contributed by atoms with Crippen LogP contribution in [0.1, 0.15) is 11.1 Å². The number of aromatic amines is 1. The van der Waals surface area contributed by atoms with E-state index in [0.717, 1.165) is 23.9 Å². The van der Waals surface area contributed by atoms with E-state index in [-0.39, 0.29) is 10.6 Å². The summed E-state index contributed by atoms with van der Waals surface area (Å²) in [5.74, 6) is 0. The Morgan fingerprint density at radius 1 is 1.00 bits per heavy atom. The van der Waals surface area contributed by atoms with Crippen molar-refractivity contribution >= 4 is 16.6 Å². The fourth-order valence-electron chi connectivity index (χ4n) is 2.40. The quantitative estimate of drug-likeness (QED) is 0.575. The number of nitro groups is 1. The average Bonchev–Trinajstić information content (AvgIpc) is 2.89. The summed E-state index contributed by atoms with van der Waals surface area (Å²) >= 11 is 0. The molecule has 0 aliphatic rings. The van der Waals surface area contributed by atoms with Crippen LogP contribution in [0.5, 0.6) is 0 Å². The van der Waals surface area contributed by atoms with Crippen molar-refractivity contribution in [3.8, 4) is 0 Å². The Labute approximate surface area is 116 Å². The Bertz CT molecular complexity index is 745. The Hall–Kier alpha value is -2.62. The van der Waals surface area contributed by atoms with Gasteiger partial charge in [0.15, 0.2) is 0 Å². The standard InChI is InChI=1S/C16H14N2O2/c19-18(20)14-9-6-12(7-10-14)5-8-13-11-17-16-4-2-1-3-15(13)16/h1-4,6-7,9-11,17H,5,8H2. The van der Waals surface area contributed by atoms with E-state index in [2.05, 4.69) is 17.1 Å². The largest absolute Gasteiger partial charge is 0.361 e. The Morgan fingerprint density at radius 3 is 2.50 bits per heavy atom. The minimum absolute atomic E-state index is 0.140. The topological polar surface area (TPSA) is 58.9 Å². The molecule has 0 amide bonds. The van der Waals surface area contributed by atoms with Crippen LogP contribution in [-0.4, -0.2) is 9.91 Å². The number of nitrogens with zero attached hydrogens (tertiary/aromatic N) is 1. The molecule has 2 aromatic carbocycles. The van der Waals surface area contributed by atoms with Crippen molar-refractivity contribution in [3.05, 3.63) is 76.0 Å². The van der Waals surface area contributed by atoms with Gasteiger partial charge < -0.3 is 4.98 Å². The van der Waals surface area contributed by atoms with Gasteiger partial charge in [-0.15, -0.1) is 0 Å². The van der Waals surface area contributed by atoms with Gasteiger partial charge in [-0.05, 0) is 30.0 Å². The zero-order valence-electron chi connectivity index (χ0n) is 10.9. The summed E-state index contributed by atoms with van der Waals surface area (Å²) in [5, 5.41) is 11.8. The van der Waals surface area contributed by atoms with Crippen LogP contribution in [-0.2, 0) is 12.8 Å². The first-order valence-electron chi connectivity index (χ1n) is 6.52. The van der Waals surface area contributed by atoms with Gasteiger partial charge in [-0.25, -0.2) is 0 Å². The van der Waals surface area contributed by atoms with Gasteiger partial charge in [-0.3, -0.25) is 10.1 Å². The van der Waals surface area contributed by atoms with Crippen LogP contribution >= 0.6 is 0 Å². The van der Waals surface area contributed by atoms with Crippen molar-refractivity contribution in [2.75, 3.05) is 0 Å². The lowest BCUT2D eigenvalue weighted by atomic mass is 10.0. The van der Waals surface area contributed by atoms with Crippen molar-refractivity contribution in [1.29, 1.82) is 0 Å². The molecule has 100 valence electrons. The summed E-state index contributed by atoms with van der Waals surface area (Å²) < 4.78 is 0. The molecule has 20 heavy (non-hydrogen) atoms. The number of non-ortho nitro benzene ring substituents is 1. The van der Waals surface area contributed by atoms with E-state index < -0.39 is 0 Å². The third-order valence-electron chi connectivity index (χ3n) is 3.51. The molecule has 0 fully saturated rings. The van der Waals surface area contributed by atoms with Crippen molar-refractivity contribution < 1.29 is 4.92 Å². The Kier molecular flexibility index (Phi) is 3.21. The molecule has 3 rings (SSSR count). The molecule has 0 atom stereocenters. The molecule has 0 saturated heterocycles. The summed E-state index contributed by atoms with van der Waals surface area (Å²) in [6.45, 7) is 0. The van der Waals surface area contributed by atoms with E-state index >= 15 is 0 Å². The molecule has 0 unspecified atom stereocenters. The number of nitro benzene ring substituents is 1. The molecule has 3 aromatic rings. The second kappa shape index (κ2) is 5.17. The van der Waals surface area contributed by atoms with Gasteiger partial charge in [0.2, 0.25) is 0 Å². The number of hydrogen-bond donors (Lipinski definition) is 1. The molecule has 4 nitrogen and oxygen atoms in total. The number of rotatable bonds is 4. The first-order chi connectivity index (χ1) is 9.74. The predicted molar refractivity (Wildman–Crippen MR) is 78.8 cm³/mol. The van der Waals surface area contributed by atoms with Gasteiger partial charge >= 0.3 is 0 Å². The summed E-state index contributed by atoms with van der Waals surface area (Å²) in [7, 11) is 0. The van der Waals surface area contributed by atoms with E-state index in [1.807, 2.05) is 30.5 Å². The minimum atomic E-state index is -0.372. The highest BCUT2D eigenvalue weighted by Gasteiger charge is 2.06. The predicted octanol–water partition coefficient (Wildman–Crippen LogP) is 3.86. The molecule has 1 aromatic heterocycles. The normalized spacial score (nSPS) is 10.8. The van der Waals surface area contributed by atoms with Gasteiger partial charge in [-0.1, -0.05) is 30.3 Å². The summed E-state index contributed by atoms with van der Waals surface area (Å²) in [6, 6.07) is 15.0. The third-order valence-corrected chi connectivity index (χ3v) is 3.51. The number of H-pyrrole nitrogens is 1. The number of aromatic nitrogens is 1. The van der Waals surface area contributed by atoms with Crippen molar-refractivity contribution in [2.24, 2.45) is 0 Å². The first-order valence-corrected chi connectivity index (χ1v) is 6.52. The van der Waals surface area contributed by atoms with Crippen LogP contribution < -0.4 is 0 Å². The molecular weight excluding hydrogens is 252 g/mol. The van der Waals surface area contributed by atoms with E-state index in [1.54, 1.807) is 12.1 Å². The number of nitrogens with one attached hydrogen (secondary N) is 1. The Balaban J connectivity index is 1.74. The summed E-state index contributed by atoms with van der Waals surface area (Å²) in [4.78, 5) is 13.5. The molecule has 0 bridgehead atoms. The van der Waals surface area contributed by atoms with E-state index in [1.165, 1.54) is 10.9 Å². The van der Waals surface area contributed by atoms with Gasteiger partial charge in [0.25, 0.3) is 5.69 Å². The van der Waals surface area contributed by atoms with Crippen LogP contribution in [0.2, 0.25) is 0 Å². The third kappa shape index (κ3) is 2.40. The lowest BCUT2D eigenvalue weighted by Crippen LogP contribution is -1.92. The number of aryl methyl sites for hydroxylation is 2. The smallest absolute Gasteiger partial charge is 0.269 e. The number of hydrogen-bond acceptors (Lipinski definition) is 2. The number of para-hydroxylation sites is 1. The molecule has 0 aliphatic heterocycles. The van der Waals surface area contributed by atoms with Gasteiger partial charge in [-0.2, -0.15) is 0 Å². The molecule has 0 radical (unpaired) electrons. The minimum Gasteiger partial charge on any atom is -0.361 e. The zero-order valence-corrected chi connectivity index (χ0v) is 10.9.